The Balaban J connectivity index is 2.27. The van der Waals surface area contributed by atoms with Gasteiger partial charge in [-0.05, 0) is 6.92 Å². The van der Waals surface area contributed by atoms with Gasteiger partial charge in [0.2, 0.25) is 0 Å². The lowest BCUT2D eigenvalue weighted by molar-refractivity contribution is -0.143. The van der Waals surface area contributed by atoms with Crippen molar-refractivity contribution in [2.45, 2.75) is 12.2 Å². The van der Waals surface area contributed by atoms with E-state index in [-0.39, 0.29) is 11.2 Å². The van der Waals surface area contributed by atoms with Gasteiger partial charge >= 0.3 is 5.97 Å². The van der Waals surface area contributed by atoms with Gasteiger partial charge < -0.3 is 9.47 Å². The molecule has 64 valence electrons. The van der Waals surface area contributed by atoms with Gasteiger partial charge in [0.15, 0.2) is 0 Å². The maximum absolute atomic E-state index is 11.1. The Bertz CT molecular complexity index is 132. The standard InChI is InChI=1S/C7H12O3S/c1-2-10-7(8)6-5-9-3-4-11-6/h6H,2-5H2,1H3. The molecule has 11 heavy (non-hydrogen) atoms. The second kappa shape index (κ2) is 4.62. The Morgan fingerprint density at radius 1 is 1.82 bits per heavy atom. The fourth-order valence-corrected chi connectivity index (χ4v) is 1.75. The highest BCUT2D eigenvalue weighted by Gasteiger charge is 2.23. The molecule has 0 aromatic rings. The fraction of sp³-hybridized carbons (Fsp3) is 0.857. The van der Waals surface area contributed by atoms with E-state index in [1.807, 2.05) is 6.92 Å². The highest BCUT2D eigenvalue weighted by molar-refractivity contribution is 8.00. The van der Waals surface area contributed by atoms with Crippen LogP contribution in [-0.4, -0.2) is 36.8 Å². The normalized spacial score (nSPS) is 24.6. The molecule has 1 saturated heterocycles. The molecule has 0 aliphatic carbocycles. The monoisotopic (exact) mass is 176 g/mol. The summed E-state index contributed by atoms with van der Waals surface area (Å²) in [6.07, 6.45) is 0. The molecule has 0 N–H and O–H groups in total. The van der Waals surface area contributed by atoms with E-state index in [2.05, 4.69) is 0 Å². The van der Waals surface area contributed by atoms with Crippen LogP contribution in [0.3, 0.4) is 0 Å². The molecule has 0 spiro atoms. The molecule has 3 nitrogen and oxygen atoms in total. The Hall–Kier alpha value is -0.220. The molecule has 4 heteroatoms. The third-order valence-electron chi connectivity index (χ3n) is 1.37. The van der Waals surface area contributed by atoms with Crippen LogP contribution >= 0.6 is 11.8 Å². The van der Waals surface area contributed by atoms with Gasteiger partial charge in [0.05, 0.1) is 19.8 Å². The smallest absolute Gasteiger partial charge is 0.321 e. The van der Waals surface area contributed by atoms with E-state index in [0.717, 1.165) is 12.4 Å². The molecule has 0 bridgehead atoms. The SMILES string of the molecule is CCOC(=O)C1COCCS1. The van der Waals surface area contributed by atoms with Crippen LogP contribution in [-0.2, 0) is 14.3 Å². The second-order valence-electron chi connectivity index (χ2n) is 2.19. The number of hydrogen-bond acceptors (Lipinski definition) is 4. The summed E-state index contributed by atoms with van der Waals surface area (Å²) in [7, 11) is 0. The summed E-state index contributed by atoms with van der Waals surface area (Å²) in [5, 5.41) is -0.0938. The van der Waals surface area contributed by atoms with Crippen molar-refractivity contribution in [2.24, 2.45) is 0 Å². The zero-order valence-electron chi connectivity index (χ0n) is 6.54. The second-order valence-corrected chi connectivity index (χ2v) is 3.50. The lowest BCUT2D eigenvalue weighted by Gasteiger charge is -2.19. The number of thioether (sulfide) groups is 1. The Morgan fingerprint density at radius 2 is 2.64 bits per heavy atom. The predicted molar refractivity (Wildman–Crippen MR) is 43.7 cm³/mol. The minimum Gasteiger partial charge on any atom is -0.465 e. The van der Waals surface area contributed by atoms with Crippen LogP contribution in [0.25, 0.3) is 0 Å². The van der Waals surface area contributed by atoms with Crippen molar-refractivity contribution in [3.63, 3.8) is 0 Å². The Kier molecular flexibility index (Phi) is 3.72. The molecule has 0 aromatic carbocycles. The molecule has 1 fully saturated rings. The first-order valence-electron chi connectivity index (χ1n) is 3.70. The third kappa shape index (κ3) is 2.71. The van der Waals surface area contributed by atoms with Gasteiger partial charge in [-0.15, -0.1) is 11.8 Å². The molecular weight excluding hydrogens is 164 g/mol. The van der Waals surface area contributed by atoms with Gasteiger partial charge in [-0.25, -0.2) is 0 Å². The first kappa shape index (κ1) is 8.87. The lowest BCUT2D eigenvalue weighted by atomic mass is 10.4. The van der Waals surface area contributed by atoms with Crippen molar-refractivity contribution < 1.29 is 14.3 Å². The van der Waals surface area contributed by atoms with Crippen molar-refractivity contribution in [2.75, 3.05) is 25.6 Å². The predicted octanol–water partition coefficient (Wildman–Crippen LogP) is 0.681. The third-order valence-corrected chi connectivity index (χ3v) is 2.50. The van der Waals surface area contributed by atoms with Crippen molar-refractivity contribution in [3.8, 4) is 0 Å². The summed E-state index contributed by atoms with van der Waals surface area (Å²) < 4.78 is 9.97. The zero-order chi connectivity index (χ0) is 8.10. The molecule has 1 aliphatic rings. The average molecular weight is 176 g/mol. The van der Waals surface area contributed by atoms with E-state index >= 15 is 0 Å². The number of ether oxygens (including phenoxy) is 2. The van der Waals surface area contributed by atoms with E-state index in [0.29, 0.717) is 13.2 Å². The highest BCUT2D eigenvalue weighted by atomic mass is 32.2. The van der Waals surface area contributed by atoms with Crippen LogP contribution in [0.1, 0.15) is 6.92 Å². The maximum Gasteiger partial charge on any atom is 0.321 e. The quantitative estimate of drug-likeness (QED) is 0.580. The first-order valence-corrected chi connectivity index (χ1v) is 4.75. The number of carbonyl (C=O) groups is 1. The van der Waals surface area contributed by atoms with Crippen molar-refractivity contribution in [1.29, 1.82) is 0 Å². The van der Waals surface area contributed by atoms with Crippen molar-refractivity contribution in [3.05, 3.63) is 0 Å². The Morgan fingerprint density at radius 3 is 3.18 bits per heavy atom. The summed E-state index contributed by atoms with van der Waals surface area (Å²) >= 11 is 1.61. The van der Waals surface area contributed by atoms with E-state index in [1.165, 1.54) is 0 Å². The summed E-state index contributed by atoms with van der Waals surface area (Å²) in [5.74, 6) is 0.751. The number of hydrogen-bond donors (Lipinski definition) is 0. The summed E-state index contributed by atoms with van der Waals surface area (Å²) in [6.45, 7) is 3.52. The van der Waals surface area contributed by atoms with Gasteiger partial charge in [-0.3, -0.25) is 4.79 Å². The van der Waals surface area contributed by atoms with Crippen LogP contribution < -0.4 is 0 Å². The summed E-state index contributed by atoms with van der Waals surface area (Å²) in [4.78, 5) is 11.1. The minimum absolute atomic E-state index is 0.0938. The van der Waals surface area contributed by atoms with Crippen LogP contribution in [0.15, 0.2) is 0 Å². The van der Waals surface area contributed by atoms with E-state index in [1.54, 1.807) is 11.8 Å². The molecule has 1 atom stereocenters. The molecule has 0 aromatic heterocycles. The highest BCUT2D eigenvalue weighted by Crippen LogP contribution is 2.17. The van der Waals surface area contributed by atoms with Gasteiger partial charge in [0, 0.05) is 5.75 Å². The molecule has 1 unspecified atom stereocenters. The average Bonchev–Trinajstić information content (AvgIpc) is 2.07. The Labute approximate surface area is 70.4 Å². The van der Waals surface area contributed by atoms with Crippen LogP contribution in [0.4, 0.5) is 0 Å². The van der Waals surface area contributed by atoms with Crippen molar-refractivity contribution >= 4 is 17.7 Å². The molecule has 1 aliphatic heterocycles. The van der Waals surface area contributed by atoms with Gasteiger partial charge in [0.1, 0.15) is 5.25 Å². The summed E-state index contributed by atoms with van der Waals surface area (Å²) in [6, 6.07) is 0. The van der Waals surface area contributed by atoms with Crippen molar-refractivity contribution in [1.82, 2.24) is 0 Å². The number of rotatable bonds is 2. The first-order chi connectivity index (χ1) is 5.34. The van der Waals surface area contributed by atoms with Crippen LogP contribution in [0, 0.1) is 0 Å². The minimum atomic E-state index is -0.141. The topological polar surface area (TPSA) is 35.5 Å². The largest absolute Gasteiger partial charge is 0.465 e. The molecule has 1 rings (SSSR count). The van der Waals surface area contributed by atoms with Gasteiger partial charge in [0.25, 0.3) is 0 Å². The van der Waals surface area contributed by atoms with E-state index in [4.69, 9.17) is 9.47 Å². The fourth-order valence-electron chi connectivity index (χ4n) is 0.859. The molecule has 0 saturated carbocycles. The van der Waals surface area contributed by atoms with E-state index < -0.39 is 0 Å². The number of esters is 1. The molecular formula is C7H12O3S. The van der Waals surface area contributed by atoms with Gasteiger partial charge in [-0.1, -0.05) is 0 Å². The maximum atomic E-state index is 11.1. The lowest BCUT2D eigenvalue weighted by Crippen LogP contribution is -2.30. The molecule has 0 amide bonds. The van der Waals surface area contributed by atoms with Crippen LogP contribution in [0.2, 0.25) is 0 Å². The molecule has 1 heterocycles. The molecule has 0 radical (unpaired) electrons. The van der Waals surface area contributed by atoms with Crippen LogP contribution in [0.5, 0.6) is 0 Å². The number of carbonyl (C=O) groups excluding carboxylic acids is 1. The van der Waals surface area contributed by atoms with E-state index in [9.17, 15) is 4.79 Å². The zero-order valence-corrected chi connectivity index (χ0v) is 7.36. The van der Waals surface area contributed by atoms with Gasteiger partial charge in [-0.2, -0.15) is 0 Å². The summed E-state index contributed by atoms with van der Waals surface area (Å²) in [5.41, 5.74) is 0.